The molecule has 0 bridgehead atoms. The Morgan fingerprint density at radius 2 is 1.84 bits per heavy atom. The number of hydrogen-bond donors (Lipinski definition) is 2. The predicted octanol–water partition coefficient (Wildman–Crippen LogP) is 0.737. The number of hydrogen-bond acceptors (Lipinski definition) is 4. The lowest BCUT2D eigenvalue weighted by Gasteiger charge is -2.44. The summed E-state index contributed by atoms with van der Waals surface area (Å²) in [5.74, 6) is -0.844. The Morgan fingerprint density at radius 1 is 1.26 bits per heavy atom. The Bertz CT molecular complexity index is 345. The van der Waals surface area contributed by atoms with E-state index in [4.69, 9.17) is 5.73 Å². The van der Waals surface area contributed by atoms with Crippen LogP contribution >= 0.6 is 0 Å². The minimum Gasteiger partial charge on any atom is -0.480 e. The quantitative estimate of drug-likeness (QED) is 0.773. The van der Waals surface area contributed by atoms with Crippen molar-refractivity contribution in [1.82, 2.24) is 9.80 Å². The molecule has 1 aliphatic heterocycles. The summed E-state index contributed by atoms with van der Waals surface area (Å²) in [6.45, 7) is 10.9. The molecule has 1 saturated carbocycles. The van der Waals surface area contributed by atoms with Crippen molar-refractivity contribution in [2.24, 2.45) is 5.73 Å². The molecule has 1 saturated heterocycles. The van der Waals surface area contributed by atoms with Crippen molar-refractivity contribution in [3.63, 3.8) is 0 Å². The van der Waals surface area contributed by atoms with E-state index in [9.17, 15) is 9.90 Å². The molecule has 0 aromatic heterocycles. The Labute approximate surface area is 115 Å². The normalized spacial score (nSPS) is 34.6. The summed E-state index contributed by atoms with van der Waals surface area (Å²) in [5.41, 5.74) is 5.19. The van der Waals surface area contributed by atoms with Crippen LogP contribution in [-0.4, -0.2) is 64.2 Å². The number of carbonyl (C=O) groups is 1. The highest BCUT2D eigenvalue weighted by Gasteiger charge is 2.44. The van der Waals surface area contributed by atoms with Crippen molar-refractivity contribution in [3.05, 3.63) is 0 Å². The number of nitrogens with zero attached hydrogens (tertiary/aromatic N) is 2. The van der Waals surface area contributed by atoms with Gasteiger partial charge in [0.1, 0.15) is 5.54 Å². The molecule has 5 nitrogen and oxygen atoms in total. The molecule has 2 atom stereocenters. The Kier molecular flexibility index (Phi) is 3.91. The van der Waals surface area contributed by atoms with E-state index >= 15 is 0 Å². The van der Waals surface area contributed by atoms with Crippen molar-refractivity contribution in [3.8, 4) is 0 Å². The van der Waals surface area contributed by atoms with E-state index < -0.39 is 11.5 Å². The fourth-order valence-corrected chi connectivity index (χ4v) is 3.31. The predicted molar refractivity (Wildman–Crippen MR) is 75.1 cm³/mol. The van der Waals surface area contributed by atoms with Gasteiger partial charge >= 0.3 is 5.97 Å². The van der Waals surface area contributed by atoms with Crippen LogP contribution in [0.25, 0.3) is 0 Å². The van der Waals surface area contributed by atoms with Crippen LogP contribution in [0.4, 0.5) is 0 Å². The number of aliphatic carboxylic acids is 1. The van der Waals surface area contributed by atoms with Gasteiger partial charge in [-0.1, -0.05) is 0 Å². The molecular formula is C14H27N3O2. The van der Waals surface area contributed by atoms with E-state index in [0.29, 0.717) is 18.9 Å². The third kappa shape index (κ3) is 3.09. The summed E-state index contributed by atoms with van der Waals surface area (Å²) in [6.07, 6.45) is 2.11. The molecule has 0 radical (unpaired) electrons. The van der Waals surface area contributed by atoms with Crippen molar-refractivity contribution < 1.29 is 9.90 Å². The fraction of sp³-hybridized carbons (Fsp3) is 0.929. The van der Waals surface area contributed by atoms with Gasteiger partial charge in [0.15, 0.2) is 0 Å². The molecule has 0 aromatic rings. The smallest absolute Gasteiger partial charge is 0.323 e. The average Bonchev–Trinajstić information content (AvgIpc) is 2.72. The van der Waals surface area contributed by atoms with Crippen LogP contribution in [0.3, 0.4) is 0 Å². The van der Waals surface area contributed by atoms with Crippen molar-refractivity contribution >= 4 is 5.97 Å². The Balaban J connectivity index is 1.88. The summed E-state index contributed by atoms with van der Waals surface area (Å²) in [7, 11) is 0. The van der Waals surface area contributed by atoms with Gasteiger partial charge in [0.2, 0.25) is 0 Å². The standard InChI is InChI=1S/C14H27N3O2/c1-13(2,3)17-8-6-16(7-9-17)11-4-5-14(15,10-11)12(18)19/h11H,4-10,15H2,1-3H3,(H,18,19). The summed E-state index contributed by atoms with van der Waals surface area (Å²) >= 11 is 0. The zero-order valence-corrected chi connectivity index (χ0v) is 12.4. The lowest BCUT2D eigenvalue weighted by molar-refractivity contribution is -0.143. The average molecular weight is 269 g/mol. The van der Waals surface area contributed by atoms with E-state index in [-0.39, 0.29) is 5.54 Å². The van der Waals surface area contributed by atoms with E-state index in [1.165, 1.54) is 0 Å². The van der Waals surface area contributed by atoms with Crippen LogP contribution < -0.4 is 5.73 Å². The van der Waals surface area contributed by atoms with Gasteiger partial charge in [0.05, 0.1) is 0 Å². The first-order chi connectivity index (χ1) is 8.72. The maximum Gasteiger partial charge on any atom is 0.323 e. The highest BCUT2D eigenvalue weighted by Crippen LogP contribution is 2.32. The minimum atomic E-state index is -0.994. The Morgan fingerprint density at radius 3 is 2.26 bits per heavy atom. The van der Waals surface area contributed by atoms with Gasteiger partial charge in [0.25, 0.3) is 0 Å². The molecule has 2 fully saturated rings. The minimum absolute atomic E-state index is 0.223. The van der Waals surface area contributed by atoms with Crippen LogP contribution in [-0.2, 0) is 4.79 Å². The highest BCUT2D eigenvalue weighted by atomic mass is 16.4. The van der Waals surface area contributed by atoms with E-state index in [0.717, 1.165) is 32.6 Å². The molecule has 0 spiro atoms. The molecule has 2 aliphatic rings. The summed E-state index contributed by atoms with van der Waals surface area (Å²) < 4.78 is 0. The van der Waals surface area contributed by atoms with Gasteiger partial charge in [-0.3, -0.25) is 14.6 Å². The molecule has 1 aliphatic carbocycles. The zero-order valence-electron chi connectivity index (χ0n) is 12.4. The molecule has 19 heavy (non-hydrogen) atoms. The monoisotopic (exact) mass is 269 g/mol. The SMILES string of the molecule is CC(C)(C)N1CCN(C2CCC(N)(C(=O)O)C2)CC1. The van der Waals surface area contributed by atoms with Crippen molar-refractivity contribution in [2.45, 2.75) is 57.2 Å². The molecule has 2 rings (SSSR count). The second kappa shape index (κ2) is 5.04. The van der Waals surface area contributed by atoms with Crippen LogP contribution in [0, 0.1) is 0 Å². The molecule has 0 aromatic carbocycles. The summed E-state index contributed by atoms with van der Waals surface area (Å²) in [6, 6.07) is 0.350. The van der Waals surface area contributed by atoms with Gasteiger partial charge in [0, 0.05) is 37.8 Å². The number of piperazine rings is 1. The van der Waals surface area contributed by atoms with Gasteiger partial charge in [-0.15, -0.1) is 0 Å². The third-order valence-electron chi connectivity index (χ3n) is 4.73. The second-order valence-electron chi connectivity index (χ2n) is 7.05. The van der Waals surface area contributed by atoms with Crippen LogP contribution in [0.2, 0.25) is 0 Å². The largest absolute Gasteiger partial charge is 0.480 e. The first kappa shape index (κ1) is 14.8. The fourth-order valence-electron chi connectivity index (χ4n) is 3.31. The lowest BCUT2D eigenvalue weighted by Crippen LogP contribution is -2.56. The molecule has 3 N–H and O–H groups in total. The highest BCUT2D eigenvalue weighted by molar-refractivity contribution is 5.79. The molecule has 110 valence electrons. The number of carboxylic acid groups (broad SMARTS) is 1. The first-order valence-electron chi connectivity index (χ1n) is 7.24. The number of rotatable bonds is 2. The Hall–Kier alpha value is -0.650. The van der Waals surface area contributed by atoms with Gasteiger partial charge < -0.3 is 10.8 Å². The molecule has 0 amide bonds. The van der Waals surface area contributed by atoms with Gasteiger partial charge in [-0.2, -0.15) is 0 Å². The molecule has 1 heterocycles. The third-order valence-corrected chi connectivity index (χ3v) is 4.73. The molecule has 2 unspecified atom stereocenters. The van der Waals surface area contributed by atoms with E-state index in [2.05, 4.69) is 30.6 Å². The van der Waals surface area contributed by atoms with Gasteiger partial charge in [-0.05, 0) is 40.0 Å². The summed E-state index contributed by atoms with van der Waals surface area (Å²) in [5, 5.41) is 9.19. The van der Waals surface area contributed by atoms with Crippen LogP contribution in [0.15, 0.2) is 0 Å². The molecular weight excluding hydrogens is 242 g/mol. The second-order valence-corrected chi connectivity index (χ2v) is 7.05. The maximum atomic E-state index is 11.2. The number of carboxylic acids is 1. The molecule has 5 heteroatoms. The lowest BCUT2D eigenvalue weighted by atomic mass is 9.99. The van der Waals surface area contributed by atoms with Crippen LogP contribution in [0.5, 0.6) is 0 Å². The van der Waals surface area contributed by atoms with E-state index in [1.807, 2.05) is 0 Å². The maximum absolute atomic E-state index is 11.2. The topological polar surface area (TPSA) is 69.8 Å². The zero-order chi connectivity index (χ0) is 14.3. The number of nitrogens with two attached hydrogens (primary N) is 1. The van der Waals surface area contributed by atoms with E-state index in [1.54, 1.807) is 0 Å². The van der Waals surface area contributed by atoms with Crippen LogP contribution in [0.1, 0.15) is 40.0 Å². The first-order valence-corrected chi connectivity index (χ1v) is 7.24. The summed E-state index contributed by atoms with van der Waals surface area (Å²) in [4.78, 5) is 16.1. The van der Waals surface area contributed by atoms with Crippen molar-refractivity contribution in [1.29, 1.82) is 0 Å². The van der Waals surface area contributed by atoms with Gasteiger partial charge in [-0.25, -0.2) is 0 Å². The van der Waals surface area contributed by atoms with Crippen molar-refractivity contribution in [2.75, 3.05) is 26.2 Å².